The highest BCUT2D eigenvalue weighted by atomic mass is 32.2. The van der Waals surface area contributed by atoms with Crippen LogP contribution in [0.15, 0.2) is 84.4 Å². The molecule has 0 saturated carbocycles. The number of H-pyrrole nitrogens is 1. The fourth-order valence-corrected chi connectivity index (χ4v) is 8.61. The third kappa shape index (κ3) is 14.4. The summed E-state index contributed by atoms with van der Waals surface area (Å²) in [6.07, 6.45) is 9.31. The third-order valence-corrected chi connectivity index (χ3v) is 12.6. The summed E-state index contributed by atoms with van der Waals surface area (Å²) in [5.41, 5.74) is 3.68. The number of rotatable bonds is 13. The number of ether oxygens (including phenoxy) is 1. The van der Waals surface area contributed by atoms with E-state index in [0.717, 1.165) is 81.7 Å². The van der Waals surface area contributed by atoms with Crippen molar-refractivity contribution in [2.24, 2.45) is 17.8 Å². The second-order valence-corrected chi connectivity index (χ2v) is 17.1. The Hall–Kier alpha value is -4.99. The number of aromatic amines is 1. The lowest BCUT2D eigenvalue weighted by atomic mass is 9.93. The summed E-state index contributed by atoms with van der Waals surface area (Å²) in [4.78, 5) is 52.6. The van der Waals surface area contributed by atoms with Crippen LogP contribution in [-0.4, -0.2) is 122 Å². The molecule has 2 aromatic heterocycles. The molecule has 59 heavy (non-hydrogen) atoms. The summed E-state index contributed by atoms with van der Waals surface area (Å²) in [5.74, 6) is 2.94. The van der Waals surface area contributed by atoms with Crippen molar-refractivity contribution in [1.82, 2.24) is 39.8 Å². The Morgan fingerprint density at radius 3 is 2.19 bits per heavy atom. The summed E-state index contributed by atoms with van der Waals surface area (Å²) in [5, 5.41) is 19.3. The maximum atomic E-state index is 12.7. The average molecular weight is 826 g/mol. The summed E-state index contributed by atoms with van der Waals surface area (Å²) in [6, 6.07) is 21.5. The zero-order valence-electron chi connectivity index (χ0n) is 34.4. The van der Waals surface area contributed by atoms with Gasteiger partial charge in [-0.3, -0.25) is 14.8 Å². The van der Waals surface area contributed by atoms with Crippen LogP contribution in [0.2, 0.25) is 0 Å². The Kier molecular flexibility index (Phi) is 16.5. The third-order valence-electron chi connectivity index (χ3n) is 11.5. The smallest absolute Gasteiger partial charge is 0.416 e. The number of hydrogen-bond acceptors (Lipinski definition) is 10. The van der Waals surface area contributed by atoms with Crippen molar-refractivity contribution in [3.8, 4) is 5.88 Å². The Balaban J connectivity index is 0.000000246. The molecule has 3 aliphatic rings. The topological polar surface area (TPSA) is 160 Å². The van der Waals surface area contributed by atoms with Crippen molar-refractivity contribution < 1.29 is 24.2 Å². The highest BCUT2D eigenvalue weighted by Gasteiger charge is 2.25. The fourth-order valence-electron chi connectivity index (χ4n) is 7.64. The standard InChI is InChI=1S/C28H35N7O3S.C16H24N2O2/c1-20-8-12-34(13-9-20)17-21-2-4-23(5-3-21)26(36)32-24-6-7-25(29-16-24)38-28(37)35-14-10-22(11-15-35)18-39-27-30-19-31-33-27;1-17(13-15-5-3-2-4-6-15)10-7-14-8-11-18(12-9-14)16(19)20/h2-7,16,19-20,22H,8-15,17-18H2,1H3,(H,32,36)(H,30,31,33);2-6,14H,7-13H2,1H3,(H,19,20). The zero-order chi connectivity index (χ0) is 41.4. The lowest BCUT2D eigenvalue weighted by Crippen LogP contribution is -2.40. The number of likely N-dealkylation sites (tertiary alicyclic amines) is 3. The number of pyridine rings is 1. The van der Waals surface area contributed by atoms with E-state index in [0.29, 0.717) is 49.3 Å². The molecular formula is C44H59N9O5S. The summed E-state index contributed by atoms with van der Waals surface area (Å²) < 4.78 is 5.46. The second-order valence-electron chi connectivity index (χ2n) is 16.1. The fraction of sp³-hybridized carbons (Fsp3) is 0.500. The molecule has 4 aromatic rings. The van der Waals surface area contributed by atoms with Crippen LogP contribution in [0.4, 0.5) is 15.3 Å². The van der Waals surface area contributed by atoms with E-state index in [1.165, 1.54) is 41.4 Å². The zero-order valence-corrected chi connectivity index (χ0v) is 35.2. The van der Waals surface area contributed by atoms with Gasteiger partial charge >= 0.3 is 12.2 Å². The molecule has 15 heteroatoms. The van der Waals surface area contributed by atoms with Crippen LogP contribution in [0.25, 0.3) is 0 Å². The number of hydrogen-bond donors (Lipinski definition) is 3. The van der Waals surface area contributed by atoms with Gasteiger partial charge in [0.1, 0.15) is 6.33 Å². The second kappa shape index (κ2) is 22.4. The number of carbonyl (C=O) groups is 3. The van der Waals surface area contributed by atoms with Gasteiger partial charge < -0.3 is 29.9 Å². The van der Waals surface area contributed by atoms with Crippen LogP contribution in [0.1, 0.15) is 73.4 Å². The van der Waals surface area contributed by atoms with Crippen LogP contribution in [0, 0.1) is 17.8 Å². The predicted octanol–water partition coefficient (Wildman–Crippen LogP) is 7.59. The molecule has 3 N–H and O–H groups in total. The lowest BCUT2D eigenvalue weighted by molar-refractivity contribution is 0.102. The van der Waals surface area contributed by atoms with Gasteiger partial charge in [-0.2, -0.15) is 5.10 Å². The Bertz CT molecular complexity index is 1860. The molecule has 5 heterocycles. The van der Waals surface area contributed by atoms with Gasteiger partial charge in [-0.25, -0.2) is 19.6 Å². The molecule has 3 fully saturated rings. The molecule has 7 rings (SSSR count). The normalized spacial score (nSPS) is 17.0. The number of aromatic nitrogens is 4. The molecule has 0 aliphatic carbocycles. The number of thioether (sulfide) groups is 1. The molecule has 3 amide bonds. The number of amides is 3. The number of piperidine rings is 3. The molecule has 0 unspecified atom stereocenters. The van der Waals surface area contributed by atoms with Crippen LogP contribution >= 0.6 is 11.8 Å². The molecule has 14 nitrogen and oxygen atoms in total. The average Bonchev–Trinajstić information content (AvgIpc) is 3.79. The number of anilines is 1. The number of carbonyl (C=O) groups excluding carboxylic acids is 2. The minimum atomic E-state index is -0.773. The molecule has 0 atom stereocenters. The number of benzene rings is 2. The first-order valence-corrected chi connectivity index (χ1v) is 21.9. The Morgan fingerprint density at radius 2 is 1.54 bits per heavy atom. The van der Waals surface area contributed by atoms with Crippen molar-refractivity contribution in [3.05, 3.63) is 95.9 Å². The Morgan fingerprint density at radius 1 is 0.847 bits per heavy atom. The van der Waals surface area contributed by atoms with E-state index in [1.54, 1.807) is 28.8 Å². The number of nitrogens with one attached hydrogen (secondary N) is 2. The molecule has 3 saturated heterocycles. The predicted molar refractivity (Wildman–Crippen MR) is 229 cm³/mol. The van der Waals surface area contributed by atoms with Crippen molar-refractivity contribution >= 4 is 35.5 Å². The van der Waals surface area contributed by atoms with Gasteiger partial charge in [-0.05, 0) is 119 Å². The molecule has 0 bridgehead atoms. The van der Waals surface area contributed by atoms with Gasteiger partial charge in [0.05, 0.1) is 11.9 Å². The first kappa shape index (κ1) is 43.6. The van der Waals surface area contributed by atoms with Gasteiger partial charge in [0.15, 0.2) is 5.16 Å². The van der Waals surface area contributed by atoms with Crippen LogP contribution in [-0.2, 0) is 13.1 Å². The molecule has 2 aromatic carbocycles. The van der Waals surface area contributed by atoms with E-state index in [9.17, 15) is 14.4 Å². The molecule has 316 valence electrons. The summed E-state index contributed by atoms with van der Waals surface area (Å²) in [6.45, 7) is 10.2. The maximum Gasteiger partial charge on any atom is 0.416 e. The lowest BCUT2D eigenvalue weighted by Gasteiger charge is -2.31. The Labute approximate surface area is 352 Å². The van der Waals surface area contributed by atoms with Crippen LogP contribution in [0.5, 0.6) is 5.88 Å². The molecule has 3 aliphatic heterocycles. The quantitative estimate of drug-likeness (QED) is 0.114. The maximum absolute atomic E-state index is 12.7. The monoisotopic (exact) mass is 825 g/mol. The van der Waals surface area contributed by atoms with Gasteiger partial charge in [-0.1, -0.05) is 61.2 Å². The van der Waals surface area contributed by atoms with Crippen molar-refractivity contribution in [2.75, 3.05) is 63.9 Å². The minimum absolute atomic E-state index is 0.204. The number of nitrogens with zero attached hydrogens (tertiary/aromatic N) is 7. The van der Waals surface area contributed by atoms with Gasteiger partial charge in [0.2, 0.25) is 5.88 Å². The van der Waals surface area contributed by atoms with Crippen LogP contribution in [0.3, 0.4) is 0 Å². The van der Waals surface area contributed by atoms with E-state index < -0.39 is 12.2 Å². The van der Waals surface area contributed by atoms with E-state index in [4.69, 9.17) is 9.84 Å². The summed E-state index contributed by atoms with van der Waals surface area (Å²) in [7, 11) is 2.15. The number of carboxylic acid groups (broad SMARTS) is 1. The van der Waals surface area contributed by atoms with Crippen LogP contribution < -0.4 is 10.1 Å². The summed E-state index contributed by atoms with van der Waals surface area (Å²) >= 11 is 1.65. The van der Waals surface area contributed by atoms with Crippen molar-refractivity contribution in [1.29, 1.82) is 0 Å². The van der Waals surface area contributed by atoms with E-state index in [-0.39, 0.29) is 11.8 Å². The molecular weight excluding hydrogens is 767 g/mol. The van der Waals surface area contributed by atoms with E-state index in [1.807, 2.05) is 30.3 Å². The highest BCUT2D eigenvalue weighted by molar-refractivity contribution is 7.99. The highest BCUT2D eigenvalue weighted by Crippen LogP contribution is 2.26. The van der Waals surface area contributed by atoms with Gasteiger partial charge in [0, 0.05) is 56.7 Å². The van der Waals surface area contributed by atoms with Gasteiger partial charge in [0.25, 0.3) is 5.91 Å². The largest absolute Gasteiger partial charge is 0.465 e. The first-order chi connectivity index (χ1) is 28.7. The van der Waals surface area contributed by atoms with E-state index >= 15 is 0 Å². The van der Waals surface area contributed by atoms with Crippen molar-refractivity contribution in [3.63, 3.8) is 0 Å². The first-order valence-electron chi connectivity index (χ1n) is 20.9. The minimum Gasteiger partial charge on any atom is -0.465 e. The van der Waals surface area contributed by atoms with Crippen molar-refractivity contribution in [2.45, 2.75) is 70.1 Å². The molecule has 0 radical (unpaired) electrons. The SMILES string of the molecule is CC1CCN(Cc2ccc(C(=O)Nc3ccc(OC(=O)N4CCC(CSc5ncn[nH]5)CC4)nc3)cc2)CC1.CN(CCC1CCN(C(=O)O)CC1)Cc1ccccc1. The van der Waals surface area contributed by atoms with Gasteiger partial charge in [-0.15, -0.1) is 0 Å². The molecule has 0 spiro atoms. The van der Waals surface area contributed by atoms with E-state index in [2.05, 4.69) is 73.5 Å².